The molecule has 1 aromatic heterocycles. The van der Waals surface area contributed by atoms with Gasteiger partial charge in [0.15, 0.2) is 16.3 Å². The van der Waals surface area contributed by atoms with E-state index in [0.29, 0.717) is 31.9 Å². The molecule has 0 bridgehead atoms. The Kier molecular flexibility index (Phi) is 9.70. The van der Waals surface area contributed by atoms with E-state index in [1.807, 2.05) is 13.8 Å². The fraction of sp³-hybridized carbons (Fsp3) is 0.242. The summed E-state index contributed by atoms with van der Waals surface area (Å²) >= 11 is 1.14. The van der Waals surface area contributed by atoms with E-state index in [2.05, 4.69) is 4.99 Å². The van der Waals surface area contributed by atoms with Crippen molar-refractivity contribution in [3.63, 3.8) is 0 Å². The predicted octanol–water partition coefficient (Wildman–Crippen LogP) is 5.20. The van der Waals surface area contributed by atoms with Gasteiger partial charge in [0.2, 0.25) is 5.75 Å². The Labute approximate surface area is 277 Å². The van der Waals surface area contributed by atoms with Crippen LogP contribution in [-0.4, -0.2) is 40.2 Å². The van der Waals surface area contributed by atoms with E-state index in [1.54, 1.807) is 56.3 Å². The van der Waals surface area contributed by atoms with E-state index in [9.17, 15) is 29.8 Å². The van der Waals surface area contributed by atoms with Crippen LogP contribution in [0.1, 0.15) is 44.9 Å². The zero-order valence-corrected chi connectivity index (χ0v) is 27.3. The van der Waals surface area contributed by atoms with Crippen LogP contribution >= 0.6 is 11.3 Å². The second kappa shape index (κ2) is 13.9. The summed E-state index contributed by atoms with van der Waals surface area (Å²) in [7, 11) is 1.38. The number of non-ortho nitro benzene ring substituents is 1. The first-order valence-corrected chi connectivity index (χ1v) is 15.5. The Morgan fingerprint density at radius 1 is 1.02 bits per heavy atom. The Bertz CT molecular complexity index is 2130. The zero-order chi connectivity index (χ0) is 34.7. The lowest BCUT2D eigenvalue weighted by Gasteiger charge is -2.25. The number of nitro groups is 2. The lowest BCUT2D eigenvalue weighted by atomic mass is 9.96. The molecule has 2 heterocycles. The van der Waals surface area contributed by atoms with Gasteiger partial charge in [0, 0.05) is 6.07 Å². The van der Waals surface area contributed by atoms with Gasteiger partial charge in [0.25, 0.3) is 11.2 Å². The molecule has 15 heteroatoms. The van der Waals surface area contributed by atoms with Crippen molar-refractivity contribution in [3.8, 4) is 23.0 Å². The fourth-order valence-corrected chi connectivity index (χ4v) is 6.13. The van der Waals surface area contributed by atoms with Crippen molar-refractivity contribution >= 4 is 34.8 Å². The number of allylic oxidation sites excluding steroid dienone is 1. The lowest BCUT2D eigenvalue weighted by molar-refractivity contribution is -0.394. The monoisotopic (exact) mass is 674 g/mol. The van der Waals surface area contributed by atoms with Crippen LogP contribution in [0.2, 0.25) is 0 Å². The van der Waals surface area contributed by atoms with Crippen LogP contribution in [0.25, 0.3) is 6.08 Å². The van der Waals surface area contributed by atoms with Crippen LogP contribution in [0.4, 0.5) is 11.4 Å². The number of esters is 1. The third-order valence-electron chi connectivity index (χ3n) is 7.14. The van der Waals surface area contributed by atoms with E-state index >= 15 is 0 Å². The van der Waals surface area contributed by atoms with Crippen molar-refractivity contribution in [3.05, 3.63) is 123 Å². The fourth-order valence-electron chi connectivity index (χ4n) is 5.08. The highest BCUT2D eigenvalue weighted by molar-refractivity contribution is 7.07. The Hall–Kier alpha value is -5.83. The summed E-state index contributed by atoms with van der Waals surface area (Å²) in [5, 5.41) is 22.7. The molecule has 3 aromatic carbocycles. The summed E-state index contributed by atoms with van der Waals surface area (Å²) in [6.45, 7) is 7.38. The number of fused-ring (bicyclic) bond motifs is 1. The van der Waals surface area contributed by atoms with Crippen molar-refractivity contribution < 1.29 is 33.6 Å². The number of hydrogen-bond acceptors (Lipinski definition) is 12. The van der Waals surface area contributed by atoms with Gasteiger partial charge in [-0.3, -0.25) is 29.6 Å². The SMILES string of the molecule is CCOC(=O)C1=C(C)N=c2s/c(=C\c3ccc(Oc4ccc([N+](=O)[O-])cc4[N+](=O)[O-])c(OC)c3)c(=O)n2[C@@H]1c1ccc(OC(C)C)cc1. The van der Waals surface area contributed by atoms with Gasteiger partial charge in [-0.05, 0) is 75.2 Å². The van der Waals surface area contributed by atoms with Crippen LogP contribution in [-0.2, 0) is 9.53 Å². The summed E-state index contributed by atoms with van der Waals surface area (Å²) in [6, 6.07) is 14.1. The van der Waals surface area contributed by atoms with E-state index in [0.717, 1.165) is 29.5 Å². The quantitative estimate of drug-likeness (QED) is 0.117. The summed E-state index contributed by atoms with van der Waals surface area (Å²) in [5.41, 5.74) is 0.443. The van der Waals surface area contributed by atoms with Gasteiger partial charge in [-0.2, -0.15) is 0 Å². The lowest BCUT2D eigenvalue weighted by Crippen LogP contribution is -2.39. The number of ether oxygens (including phenoxy) is 4. The molecule has 248 valence electrons. The molecule has 0 amide bonds. The zero-order valence-electron chi connectivity index (χ0n) is 26.5. The summed E-state index contributed by atoms with van der Waals surface area (Å²) < 4.78 is 24.1. The second-order valence-corrected chi connectivity index (χ2v) is 11.7. The third-order valence-corrected chi connectivity index (χ3v) is 8.12. The van der Waals surface area contributed by atoms with Crippen molar-refractivity contribution in [1.29, 1.82) is 0 Å². The van der Waals surface area contributed by atoms with E-state index in [4.69, 9.17) is 18.9 Å². The molecule has 0 aliphatic carbocycles. The molecule has 1 atom stereocenters. The number of thiazole rings is 1. The van der Waals surface area contributed by atoms with Crippen LogP contribution in [0, 0.1) is 20.2 Å². The highest BCUT2D eigenvalue weighted by Gasteiger charge is 2.33. The number of carbonyl (C=O) groups is 1. The average Bonchev–Trinajstić information content (AvgIpc) is 3.34. The summed E-state index contributed by atoms with van der Waals surface area (Å²) in [5.74, 6) is 0.138. The van der Waals surface area contributed by atoms with Crippen molar-refractivity contribution in [2.75, 3.05) is 13.7 Å². The largest absolute Gasteiger partial charge is 0.493 e. The minimum Gasteiger partial charge on any atom is -0.493 e. The predicted molar refractivity (Wildman–Crippen MR) is 175 cm³/mol. The molecule has 0 saturated heterocycles. The van der Waals surface area contributed by atoms with Gasteiger partial charge in [0.1, 0.15) is 5.75 Å². The maximum absolute atomic E-state index is 14.0. The van der Waals surface area contributed by atoms with Gasteiger partial charge in [-0.25, -0.2) is 9.79 Å². The number of nitrogens with zero attached hydrogens (tertiary/aromatic N) is 4. The second-order valence-electron chi connectivity index (χ2n) is 10.7. The van der Waals surface area contributed by atoms with Crippen molar-refractivity contribution in [2.45, 2.75) is 39.8 Å². The third kappa shape index (κ3) is 6.80. The normalized spacial score (nSPS) is 14.3. The van der Waals surface area contributed by atoms with Crippen LogP contribution < -0.4 is 29.1 Å². The molecule has 0 spiro atoms. The highest BCUT2D eigenvalue weighted by Crippen LogP contribution is 2.38. The number of hydrogen-bond donors (Lipinski definition) is 0. The molecule has 0 radical (unpaired) electrons. The molecule has 1 aliphatic rings. The maximum Gasteiger partial charge on any atom is 0.338 e. The first kappa shape index (κ1) is 33.5. The molecule has 0 unspecified atom stereocenters. The van der Waals surface area contributed by atoms with Crippen LogP contribution in [0.15, 0.2) is 81.7 Å². The Balaban J connectivity index is 1.56. The number of methoxy groups -OCH3 is 1. The molecule has 0 N–H and O–H groups in total. The Morgan fingerprint density at radius 2 is 1.73 bits per heavy atom. The molecule has 0 saturated carbocycles. The molecule has 4 aromatic rings. The number of aromatic nitrogens is 1. The minimum atomic E-state index is -0.807. The molecular formula is C33H30N4O10S. The standard InChI is InChI=1S/C33H30N4O10S/c1-6-45-32(39)29-19(4)34-33-35(30(29)21-8-11-23(12-9-21)46-18(2)3)31(38)28(48-33)16-20-7-13-26(27(15-20)44-5)47-25-14-10-22(36(40)41)17-24(25)37(42)43/h7-18,30H,6H2,1-5H3/b28-16-/t30-/m1/s1. The minimum absolute atomic E-state index is 0.0363. The molecule has 48 heavy (non-hydrogen) atoms. The van der Waals surface area contributed by atoms with Crippen molar-refractivity contribution in [1.82, 2.24) is 4.57 Å². The van der Waals surface area contributed by atoms with Crippen LogP contribution in [0.5, 0.6) is 23.0 Å². The number of rotatable bonds is 11. The molecule has 1 aliphatic heterocycles. The van der Waals surface area contributed by atoms with Gasteiger partial charge < -0.3 is 18.9 Å². The average molecular weight is 675 g/mol. The molecule has 14 nitrogen and oxygen atoms in total. The van der Waals surface area contributed by atoms with Crippen LogP contribution in [0.3, 0.4) is 0 Å². The van der Waals surface area contributed by atoms with Gasteiger partial charge in [-0.15, -0.1) is 0 Å². The maximum atomic E-state index is 14.0. The molecule has 5 rings (SSSR count). The van der Waals surface area contributed by atoms with E-state index in [-0.39, 0.29) is 41.1 Å². The number of carbonyl (C=O) groups excluding carboxylic acids is 1. The molecular weight excluding hydrogens is 644 g/mol. The van der Waals surface area contributed by atoms with Gasteiger partial charge >= 0.3 is 11.7 Å². The summed E-state index contributed by atoms with van der Waals surface area (Å²) in [6.07, 6.45) is 1.59. The first-order valence-electron chi connectivity index (χ1n) is 14.7. The van der Waals surface area contributed by atoms with E-state index in [1.165, 1.54) is 17.7 Å². The van der Waals surface area contributed by atoms with Gasteiger partial charge in [-0.1, -0.05) is 29.5 Å². The number of nitro benzene ring substituents is 2. The van der Waals surface area contributed by atoms with E-state index < -0.39 is 33.2 Å². The summed E-state index contributed by atoms with van der Waals surface area (Å²) in [4.78, 5) is 53.3. The number of benzene rings is 3. The highest BCUT2D eigenvalue weighted by atomic mass is 32.1. The van der Waals surface area contributed by atoms with Gasteiger partial charge in [0.05, 0.1) is 57.6 Å². The Morgan fingerprint density at radius 3 is 2.35 bits per heavy atom. The van der Waals surface area contributed by atoms with Crippen molar-refractivity contribution in [2.24, 2.45) is 4.99 Å². The topological polar surface area (TPSA) is 175 Å². The molecule has 0 fully saturated rings. The first-order chi connectivity index (χ1) is 22.9. The smallest absolute Gasteiger partial charge is 0.338 e.